The number of halogens is 2. The topological polar surface area (TPSA) is 18.5 Å². The first-order valence-electron chi connectivity index (χ1n) is 6.44. The van der Waals surface area contributed by atoms with Gasteiger partial charge in [0, 0.05) is 10.1 Å². The summed E-state index contributed by atoms with van der Waals surface area (Å²) in [7, 11) is -0.516. The maximum Gasteiger partial charge on any atom is 0.494 e. The Kier molecular flexibility index (Phi) is 2.98. The number of hydrogen-bond donors (Lipinski definition) is 0. The van der Waals surface area contributed by atoms with Gasteiger partial charge in [-0.15, -0.1) is 11.3 Å². The molecule has 1 aromatic heterocycles. The summed E-state index contributed by atoms with van der Waals surface area (Å²) in [6.45, 7) is 7.87. The number of rotatable bonds is 1. The zero-order valence-corrected chi connectivity index (χ0v) is 12.6. The van der Waals surface area contributed by atoms with Crippen molar-refractivity contribution in [1.82, 2.24) is 0 Å². The third kappa shape index (κ3) is 1.98. The molecule has 1 aliphatic heterocycles. The fourth-order valence-corrected chi connectivity index (χ4v) is 3.03. The highest BCUT2D eigenvalue weighted by atomic mass is 32.1. The summed E-state index contributed by atoms with van der Waals surface area (Å²) in [5.74, 6) is -0.787. The Morgan fingerprint density at radius 3 is 2.25 bits per heavy atom. The van der Waals surface area contributed by atoms with Crippen molar-refractivity contribution >= 4 is 34.0 Å². The summed E-state index contributed by atoms with van der Waals surface area (Å²) in [5.41, 5.74) is -0.0886. The molecule has 0 atom stereocenters. The molecule has 2 aromatic rings. The first kappa shape index (κ1) is 14.0. The van der Waals surface area contributed by atoms with Gasteiger partial charge in [0.1, 0.15) is 0 Å². The second kappa shape index (κ2) is 4.26. The lowest BCUT2D eigenvalue weighted by atomic mass is 9.79. The molecule has 1 saturated heterocycles. The molecule has 106 valence electrons. The molecular formula is C14H15BF2O2S. The summed E-state index contributed by atoms with van der Waals surface area (Å²) in [6, 6.07) is 5.03. The number of benzene rings is 1. The largest absolute Gasteiger partial charge is 0.494 e. The van der Waals surface area contributed by atoms with Crippen LogP contribution in [0.1, 0.15) is 27.7 Å². The molecule has 0 saturated carbocycles. The van der Waals surface area contributed by atoms with Gasteiger partial charge in [0.05, 0.1) is 11.2 Å². The van der Waals surface area contributed by atoms with Crippen molar-refractivity contribution in [2.45, 2.75) is 38.9 Å². The summed E-state index contributed by atoms with van der Waals surface area (Å²) >= 11 is 0.799. The van der Waals surface area contributed by atoms with E-state index < -0.39 is 29.3 Å². The van der Waals surface area contributed by atoms with Gasteiger partial charge in [-0.1, -0.05) is 12.1 Å². The Morgan fingerprint density at radius 1 is 1.05 bits per heavy atom. The molecule has 0 amide bonds. The van der Waals surface area contributed by atoms with Crippen molar-refractivity contribution in [2.75, 3.05) is 0 Å². The number of hydrogen-bond acceptors (Lipinski definition) is 3. The summed E-state index contributed by atoms with van der Waals surface area (Å²) in [5, 5.41) is -0.487. The average molecular weight is 296 g/mol. The minimum absolute atomic E-state index is 0.299. The maximum atomic E-state index is 13.5. The summed E-state index contributed by atoms with van der Waals surface area (Å²) < 4.78 is 39.2. The van der Waals surface area contributed by atoms with Gasteiger partial charge in [-0.2, -0.15) is 4.39 Å². The van der Waals surface area contributed by atoms with E-state index in [1.54, 1.807) is 18.2 Å². The van der Waals surface area contributed by atoms with Gasteiger partial charge >= 0.3 is 7.12 Å². The molecule has 20 heavy (non-hydrogen) atoms. The van der Waals surface area contributed by atoms with Crippen LogP contribution in [0.5, 0.6) is 0 Å². The zero-order valence-electron chi connectivity index (χ0n) is 11.8. The minimum atomic E-state index is -0.787. The van der Waals surface area contributed by atoms with E-state index >= 15 is 0 Å². The molecule has 6 heteroatoms. The quantitative estimate of drug-likeness (QED) is 0.750. The second-order valence-electron chi connectivity index (χ2n) is 6.03. The van der Waals surface area contributed by atoms with E-state index in [0.29, 0.717) is 10.1 Å². The van der Waals surface area contributed by atoms with Gasteiger partial charge in [-0.25, -0.2) is 4.39 Å². The minimum Gasteiger partial charge on any atom is -0.399 e. The Labute approximate surface area is 120 Å². The first-order chi connectivity index (χ1) is 9.21. The Hall–Kier alpha value is -0.975. The smallest absolute Gasteiger partial charge is 0.399 e. The van der Waals surface area contributed by atoms with Crippen LogP contribution in [0.3, 0.4) is 0 Å². The highest BCUT2D eigenvalue weighted by molar-refractivity contribution is 7.17. The Bertz CT molecular complexity index is 665. The standard InChI is InChI=1S/C14H15BF2O2S/c1-13(2)14(3,4)19-15(18-13)8-5-6-9-10(7-8)20-12(17)11(9)16/h5-7H,1-4H3. The fraction of sp³-hybridized carbons (Fsp3) is 0.429. The van der Waals surface area contributed by atoms with E-state index in [1.807, 2.05) is 27.7 Å². The molecule has 0 spiro atoms. The average Bonchev–Trinajstić information content (AvgIpc) is 2.74. The Morgan fingerprint density at radius 2 is 1.65 bits per heavy atom. The van der Waals surface area contributed by atoms with Crippen molar-refractivity contribution < 1.29 is 18.1 Å². The predicted octanol–water partition coefficient (Wildman–Crippen LogP) is 3.48. The lowest BCUT2D eigenvalue weighted by Gasteiger charge is -2.32. The van der Waals surface area contributed by atoms with Crippen LogP contribution < -0.4 is 5.46 Å². The number of thiophene rings is 1. The molecule has 2 nitrogen and oxygen atoms in total. The van der Waals surface area contributed by atoms with E-state index in [4.69, 9.17) is 9.31 Å². The predicted molar refractivity (Wildman–Crippen MR) is 77.5 cm³/mol. The van der Waals surface area contributed by atoms with Crippen molar-refractivity contribution in [3.05, 3.63) is 29.1 Å². The lowest BCUT2D eigenvalue weighted by Crippen LogP contribution is -2.41. The monoisotopic (exact) mass is 296 g/mol. The van der Waals surface area contributed by atoms with Crippen LogP contribution in [0.15, 0.2) is 18.2 Å². The van der Waals surface area contributed by atoms with Crippen molar-refractivity contribution in [1.29, 1.82) is 0 Å². The van der Waals surface area contributed by atoms with E-state index in [2.05, 4.69) is 0 Å². The second-order valence-corrected chi connectivity index (χ2v) is 7.04. The maximum absolute atomic E-state index is 13.5. The third-order valence-corrected chi connectivity index (χ3v) is 5.06. The molecule has 3 rings (SSSR count). The zero-order chi connectivity index (χ0) is 14.7. The molecule has 0 unspecified atom stereocenters. The van der Waals surface area contributed by atoms with E-state index in [9.17, 15) is 8.78 Å². The molecule has 1 aromatic carbocycles. The SMILES string of the molecule is CC1(C)OB(c2ccc3c(F)c(F)sc3c2)OC1(C)C. The highest BCUT2D eigenvalue weighted by Gasteiger charge is 2.51. The molecule has 1 fully saturated rings. The van der Waals surface area contributed by atoms with Crippen molar-refractivity contribution in [3.63, 3.8) is 0 Å². The molecule has 1 aliphatic rings. The van der Waals surface area contributed by atoms with Crippen LogP contribution in [0.4, 0.5) is 8.78 Å². The Balaban J connectivity index is 2.00. The fourth-order valence-electron chi connectivity index (χ4n) is 2.18. The summed E-state index contributed by atoms with van der Waals surface area (Å²) in [4.78, 5) is 0. The summed E-state index contributed by atoms with van der Waals surface area (Å²) in [6.07, 6.45) is 0. The van der Waals surface area contributed by atoms with Crippen LogP contribution >= 0.6 is 11.3 Å². The van der Waals surface area contributed by atoms with Crippen molar-refractivity contribution in [2.24, 2.45) is 0 Å². The molecule has 0 radical (unpaired) electrons. The van der Waals surface area contributed by atoms with Crippen LogP contribution in [0, 0.1) is 10.9 Å². The van der Waals surface area contributed by atoms with Gasteiger partial charge in [0.2, 0.25) is 5.13 Å². The normalized spacial score (nSPS) is 20.8. The van der Waals surface area contributed by atoms with Gasteiger partial charge in [0.15, 0.2) is 5.82 Å². The number of fused-ring (bicyclic) bond motifs is 1. The van der Waals surface area contributed by atoms with Gasteiger partial charge in [-0.3, -0.25) is 0 Å². The van der Waals surface area contributed by atoms with Crippen LogP contribution in [0.2, 0.25) is 0 Å². The van der Waals surface area contributed by atoms with E-state index in [0.717, 1.165) is 16.8 Å². The first-order valence-corrected chi connectivity index (χ1v) is 7.26. The van der Waals surface area contributed by atoms with Crippen molar-refractivity contribution in [3.8, 4) is 0 Å². The lowest BCUT2D eigenvalue weighted by molar-refractivity contribution is 0.00578. The molecule has 0 N–H and O–H groups in total. The van der Waals surface area contributed by atoms with Crippen LogP contribution in [-0.2, 0) is 9.31 Å². The van der Waals surface area contributed by atoms with Crippen LogP contribution in [-0.4, -0.2) is 18.3 Å². The third-order valence-electron chi connectivity index (χ3n) is 4.14. The van der Waals surface area contributed by atoms with Crippen LogP contribution in [0.25, 0.3) is 10.1 Å². The molecular weight excluding hydrogens is 281 g/mol. The van der Waals surface area contributed by atoms with Gasteiger partial charge in [-0.05, 0) is 39.2 Å². The molecule has 0 bridgehead atoms. The van der Waals surface area contributed by atoms with E-state index in [1.165, 1.54) is 0 Å². The van der Waals surface area contributed by atoms with Gasteiger partial charge < -0.3 is 9.31 Å². The molecule has 0 aliphatic carbocycles. The van der Waals surface area contributed by atoms with E-state index in [-0.39, 0.29) is 0 Å². The van der Waals surface area contributed by atoms with Gasteiger partial charge in [0.25, 0.3) is 0 Å². The molecule has 2 heterocycles. The highest BCUT2D eigenvalue weighted by Crippen LogP contribution is 2.37.